The number of halogens is 1. The molecule has 0 bridgehead atoms. The minimum Gasteiger partial charge on any atom is -0.496 e. The molecule has 1 aliphatic carbocycles. The quantitative estimate of drug-likeness (QED) is 0.750. The number of rotatable bonds is 3. The van der Waals surface area contributed by atoms with Crippen molar-refractivity contribution in [1.29, 1.82) is 0 Å². The van der Waals surface area contributed by atoms with Crippen LogP contribution in [-0.2, 0) is 4.74 Å². The topological polar surface area (TPSA) is 9.23 Å². The van der Waals surface area contributed by atoms with Crippen LogP contribution in [0.25, 0.3) is 0 Å². The van der Waals surface area contributed by atoms with Gasteiger partial charge in [0.15, 0.2) is 0 Å². The van der Waals surface area contributed by atoms with E-state index in [9.17, 15) is 0 Å². The standard InChI is InChI=1S/C12H17BrOS/c1-9(2)15-12-8-7-10(13)5-4-6-11(12)14-3/h5-6,8-9H,4,7H2,1-3H3/b10-5+,11-6+,12-8+. The van der Waals surface area contributed by atoms with Crippen molar-refractivity contribution in [2.24, 2.45) is 0 Å². The van der Waals surface area contributed by atoms with E-state index in [1.54, 1.807) is 7.11 Å². The molecule has 1 nitrogen and oxygen atoms in total. The maximum absolute atomic E-state index is 5.40. The molecule has 0 atom stereocenters. The van der Waals surface area contributed by atoms with Crippen LogP contribution in [0.15, 0.2) is 33.4 Å². The van der Waals surface area contributed by atoms with Gasteiger partial charge in [-0.2, -0.15) is 0 Å². The van der Waals surface area contributed by atoms with Gasteiger partial charge in [-0.15, -0.1) is 11.8 Å². The van der Waals surface area contributed by atoms with Crippen LogP contribution < -0.4 is 0 Å². The molecule has 0 fully saturated rings. The molecule has 3 heteroatoms. The smallest absolute Gasteiger partial charge is 0.128 e. The summed E-state index contributed by atoms with van der Waals surface area (Å²) < 4.78 is 6.65. The van der Waals surface area contributed by atoms with Crippen molar-refractivity contribution in [1.82, 2.24) is 0 Å². The first kappa shape index (κ1) is 12.9. The SMILES string of the molecule is COC1=C/C/C=C(/Br)C/C=C\1SC(C)C. The summed E-state index contributed by atoms with van der Waals surface area (Å²) in [6, 6.07) is 0. The summed E-state index contributed by atoms with van der Waals surface area (Å²) in [6.45, 7) is 4.39. The molecule has 0 amide bonds. The largest absolute Gasteiger partial charge is 0.496 e. The van der Waals surface area contributed by atoms with E-state index in [1.165, 1.54) is 9.39 Å². The van der Waals surface area contributed by atoms with Crippen molar-refractivity contribution < 1.29 is 4.74 Å². The molecular weight excluding hydrogens is 272 g/mol. The molecule has 0 unspecified atom stereocenters. The van der Waals surface area contributed by atoms with E-state index < -0.39 is 0 Å². The second-order valence-electron chi connectivity index (χ2n) is 3.60. The van der Waals surface area contributed by atoms with Gasteiger partial charge in [0, 0.05) is 10.2 Å². The first-order valence-electron chi connectivity index (χ1n) is 5.09. The minimum atomic E-state index is 0.581. The number of hydrogen-bond acceptors (Lipinski definition) is 2. The normalized spacial score (nSPS) is 27.9. The molecule has 0 saturated heterocycles. The summed E-state index contributed by atoms with van der Waals surface area (Å²) in [7, 11) is 1.74. The average Bonchev–Trinajstić information content (AvgIpc) is 2.16. The molecule has 1 aliphatic rings. The first-order valence-corrected chi connectivity index (χ1v) is 6.76. The number of ether oxygens (including phenoxy) is 1. The Morgan fingerprint density at radius 3 is 2.67 bits per heavy atom. The third-order valence-corrected chi connectivity index (χ3v) is 3.69. The highest BCUT2D eigenvalue weighted by Crippen LogP contribution is 2.31. The highest BCUT2D eigenvalue weighted by Gasteiger charge is 2.10. The summed E-state index contributed by atoms with van der Waals surface area (Å²) in [6.07, 6.45) is 8.41. The maximum Gasteiger partial charge on any atom is 0.128 e. The monoisotopic (exact) mass is 288 g/mol. The van der Waals surface area contributed by atoms with E-state index in [0.29, 0.717) is 5.25 Å². The van der Waals surface area contributed by atoms with Gasteiger partial charge in [-0.05, 0) is 23.4 Å². The highest BCUT2D eigenvalue weighted by atomic mass is 79.9. The lowest BCUT2D eigenvalue weighted by Gasteiger charge is -2.14. The summed E-state index contributed by atoms with van der Waals surface area (Å²) in [4.78, 5) is 1.25. The first-order chi connectivity index (χ1) is 7.13. The molecule has 0 heterocycles. The van der Waals surface area contributed by atoms with Crippen molar-refractivity contribution >= 4 is 27.7 Å². The lowest BCUT2D eigenvalue weighted by atomic mass is 10.2. The predicted molar refractivity (Wildman–Crippen MR) is 72.1 cm³/mol. The molecular formula is C12H17BrOS. The molecule has 15 heavy (non-hydrogen) atoms. The molecule has 0 aromatic heterocycles. The van der Waals surface area contributed by atoms with Crippen LogP contribution in [0, 0.1) is 0 Å². The van der Waals surface area contributed by atoms with Crippen molar-refractivity contribution in [2.75, 3.05) is 7.11 Å². The second kappa shape index (κ2) is 6.44. The van der Waals surface area contributed by atoms with Crippen LogP contribution in [-0.4, -0.2) is 12.4 Å². The zero-order chi connectivity index (χ0) is 11.3. The lowest BCUT2D eigenvalue weighted by molar-refractivity contribution is 0.303. The van der Waals surface area contributed by atoms with Gasteiger partial charge in [-0.1, -0.05) is 41.9 Å². The van der Waals surface area contributed by atoms with Crippen LogP contribution in [0.2, 0.25) is 0 Å². The molecule has 0 N–H and O–H groups in total. The Kier molecular flexibility index (Phi) is 5.54. The van der Waals surface area contributed by atoms with Crippen LogP contribution in [0.5, 0.6) is 0 Å². The van der Waals surface area contributed by atoms with Crippen LogP contribution in [0.1, 0.15) is 26.7 Å². The minimum absolute atomic E-state index is 0.581. The van der Waals surface area contributed by atoms with Gasteiger partial charge in [0.1, 0.15) is 5.76 Å². The van der Waals surface area contributed by atoms with Crippen LogP contribution in [0.3, 0.4) is 0 Å². The fraction of sp³-hybridized carbons (Fsp3) is 0.500. The Balaban J connectivity index is 2.86. The van der Waals surface area contributed by atoms with Crippen molar-refractivity contribution in [2.45, 2.75) is 31.9 Å². The molecule has 0 radical (unpaired) electrons. The van der Waals surface area contributed by atoms with Gasteiger partial charge in [-0.25, -0.2) is 0 Å². The molecule has 1 rings (SSSR count). The summed E-state index contributed by atoms with van der Waals surface area (Å²) >= 11 is 5.40. The maximum atomic E-state index is 5.40. The van der Waals surface area contributed by atoms with E-state index in [4.69, 9.17) is 4.74 Å². The Labute approximate surface area is 105 Å². The number of methoxy groups -OCH3 is 1. The third kappa shape index (κ3) is 4.47. The van der Waals surface area contributed by atoms with Gasteiger partial charge in [-0.3, -0.25) is 0 Å². The van der Waals surface area contributed by atoms with E-state index in [0.717, 1.165) is 18.6 Å². The molecule has 0 saturated carbocycles. The summed E-state index contributed by atoms with van der Waals surface area (Å²) in [5.74, 6) is 1.00. The Bertz CT molecular complexity index is 303. The molecule has 84 valence electrons. The van der Waals surface area contributed by atoms with Gasteiger partial charge >= 0.3 is 0 Å². The number of thioether (sulfide) groups is 1. The van der Waals surface area contributed by atoms with Gasteiger partial charge in [0.25, 0.3) is 0 Å². The fourth-order valence-corrected chi connectivity index (χ4v) is 2.63. The Hall–Kier alpha value is -0.150. The number of allylic oxidation sites excluding steroid dienone is 4. The lowest BCUT2D eigenvalue weighted by Crippen LogP contribution is -1.96. The van der Waals surface area contributed by atoms with Crippen molar-refractivity contribution in [3.05, 3.63) is 33.4 Å². The van der Waals surface area contributed by atoms with Crippen molar-refractivity contribution in [3.63, 3.8) is 0 Å². The molecule has 0 aliphatic heterocycles. The predicted octanol–water partition coefficient (Wildman–Crippen LogP) is 4.61. The molecule has 0 aromatic rings. The second-order valence-corrected chi connectivity index (χ2v) is 6.24. The Morgan fingerprint density at radius 1 is 1.33 bits per heavy atom. The molecule has 0 aromatic carbocycles. The van der Waals surface area contributed by atoms with Gasteiger partial charge in [0.2, 0.25) is 0 Å². The van der Waals surface area contributed by atoms with Crippen molar-refractivity contribution in [3.8, 4) is 0 Å². The zero-order valence-electron chi connectivity index (χ0n) is 9.42. The average molecular weight is 289 g/mol. The summed E-state index contributed by atoms with van der Waals surface area (Å²) in [5.41, 5.74) is 0. The van der Waals surface area contributed by atoms with E-state index in [1.807, 2.05) is 11.8 Å². The fourth-order valence-electron chi connectivity index (χ4n) is 1.31. The van der Waals surface area contributed by atoms with Gasteiger partial charge in [0.05, 0.1) is 7.11 Å². The van der Waals surface area contributed by atoms with Crippen LogP contribution >= 0.6 is 27.7 Å². The van der Waals surface area contributed by atoms with Crippen LogP contribution in [0.4, 0.5) is 0 Å². The highest BCUT2D eigenvalue weighted by molar-refractivity contribution is 9.11. The van der Waals surface area contributed by atoms with E-state index in [-0.39, 0.29) is 0 Å². The summed E-state index contributed by atoms with van der Waals surface area (Å²) in [5, 5.41) is 0.581. The molecule has 0 spiro atoms. The van der Waals surface area contributed by atoms with Gasteiger partial charge < -0.3 is 4.74 Å². The zero-order valence-corrected chi connectivity index (χ0v) is 11.8. The third-order valence-electron chi connectivity index (χ3n) is 1.95. The number of hydrogen-bond donors (Lipinski definition) is 0. The Morgan fingerprint density at radius 2 is 2.07 bits per heavy atom. The van der Waals surface area contributed by atoms with E-state index >= 15 is 0 Å². The van der Waals surface area contributed by atoms with E-state index in [2.05, 4.69) is 48.0 Å².